The fourth-order valence-electron chi connectivity index (χ4n) is 2.35. The Morgan fingerprint density at radius 2 is 1.89 bits per heavy atom. The molecule has 1 amide bonds. The molecular formula is C15H22N2O2. The van der Waals surface area contributed by atoms with Crippen LogP contribution in [0.2, 0.25) is 0 Å². The maximum absolute atomic E-state index is 12.3. The normalized spacial score (nSPS) is 18.4. The van der Waals surface area contributed by atoms with E-state index in [0.717, 1.165) is 12.0 Å². The number of nitrogens with zero attached hydrogens (tertiary/aromatic N) is 1. The summed E-state index contributed by atoms with van der Waals surface area (Å²) in [6.07, 6.45) is 2.12. The zero-order valence-electron chi connectivity index (χ0n) is 11.4. The van der Waals surface area contributed by atoms with Crippen LogP contribution in [0.3, 0.4) is 0 Å². The highest BCUT2D eigenvalue weighted by atomic mass is 16.3. The molecule has 1 heterocycles. The summed E-state index contributed by atoms with van der Waals surface area (Å²) in [6, 6.07) is 7.64. The molecule has 0 spiro atoms. The van der Waals surface area contributed by atoms with E-state index in [9.17, 15) is 9.90 Å². The number of carbonyl (C=O) groups is 1. The highest BCUT2D eigenvalue weighted by Gasteiger charge is 2.29. The van der Waals surface area contributed by atoms with Gasteiger partial charge in [-0.2, -0.15) is 0 Å². The zero-order chi connectivity index (χ0) is 13.9. The number of rotatable bonds is 3. The molecule has 3 N–H and O–H groups in total. The van der Waals surface area contributed by atoms with Gasteiger partial charge in [-0.05, 0) is 50.4 Å². The lowest BCUT2D eigenvalue weighted by molar-refractivity contribution is -0.00202. The predicted octanol–water partition coefficient (Wildman–Crippen LogP) is 1.17. The zero-order valence-corrected chi connectivity index (χ0v) is 11.4. The van der Waals surface area contributed by atoms with Crippen molar-refractivity contribution in [3.05, 3.63) is 35.4 Å². The first kappa shape index (κ1) is 14.0. The fourth-order valence-corrected chi connectivity index (χ4v) is 2.35. The molecule has 0 radical (unpaired) electrons. The van der Waals surface area contributed by atoms with Gasteiger partial charge < -0.3 is 15.7 Å². The Hall–Kier alpha value is -1.39. The summed E-state index contributed by atoms with van der Waals surface area (Å²) >= 11 is 0. The number of hydrogen-bond donors (Lipinski definition) is 2. The van der Waals surface area contributed by atoms with Crippen LogP contribution in [-0.2, 0) is 6.42 Å². The maximum atomic E-state index is 12.3. The lowest BCUT2D eigenvalue weighted by atomic mass is 9.93. The van der Waals surface area contributed by atoms with Crippen molar-refractivity contribution in [1.29, 1.82) is 0 Å². The maximum Gasteiger partial charge on any atom is 0.253 e. The number of hydrogen-bond acceptors (Lipinski definition) is 3. The number of aliphatic hydroxyl groups is 1. The molecule has 0 unspecified atom stereocenters. The monoisotopic (exact) mass is 262 g/mol. The second-order valence-corrected chi connectivity index (χ2v) is 5.52. The molecule has 0 bridgehead atoms. The summed E-state index contributed by atoms with van der Waals surface area (Å²) in [4.78, 5) is 14.1. The quantitative estimate of drug-likeness (QED) is 0.859. The van der Waals surface area contributed by atoms with Crippen molar-refractivity contribution in [2.75, 3.05) is 19.6 Å². The molecule has 1 aromatic rings. The van der Waals surface area contributed by atoms with Crippen LogP contribution >= 0.6 is 0 Å². The van der Waals surface area contributed by atoms with Crippen LogP contribution < -0.4 is 5.73 Å². The van der Waals surface area contributed by atoms with Crippen molar-refractivity contribution in [2.45, 2.75) is 31.8 Å². The minimum atomic E-state index is -0.623. The van der Waals surface area contributed by atoms with Crippen LogP contribution in [0.4, 0.5) is 0 Å². The molecular weight excluding hydrogens is 240 g/mol. The van der Waals surface area contributed by atoms with E-state index in [4.69, 9.17) is 5.73 Å². The van der Waals surface area contributed by atoms with Crippen molar-refractivity contribution < 1.29 is 9.90 Å². The first-order valence-corrected chi connectivity index (χ1v) is 6.82. The summed E-state index contributed by atoms with van der Waals surface area (Å²) in [5, 5.41) is 9.89. The largest absolute Gasteiger partial charge is 0.390 e. The third-order valence-electron chi connectivity index (χ3n) is 3.76. The SMILES string of the molecule is CC1(O)CCN(C(=O)c2ccc(CCN)cc2)CC1. The van der Waals surface area contributed by atoms with Crippen molar-refractivity contribution >= 4 is 5.91 Å². The van der Waals surface area contributed by atoms with E-state index in [1.165, 1.54) is 0 Å². The summed E-state index contributed by atoms with van der Waals surface area (Å²) < 4.78 is 0. The van der Waals surface area contributed by atoms with Crippen molar-refractivity contribution in [3.8, 4) is 0 Å². The summed E-state index contributed by atoms with van der Waals surface area (Å²) in [5.74, 6) is 0.0507. The smallest absolute Gasteiger partial charge is 0.253 e. The summed E-state index contributed by atoms with van der Waals surface area (Å²) in [7, 11) is 0. The average Bonchev–Trinajstić information content (AvgIpc) is 2.39. The Kier molecular flexibility index (Phi) is 4.22. The summed E-state index contributed by atoms with van der Waals surface area (Å²) in [6.45, 7) is 3.69. The van der Waals surface area contributed by atoms with E-state index in [1.807, 2.05) is 36.1 Å². The Morgan fingerprint density at radius 1 is 1.32 bits per heavy atom. The van der Waals surface area contributed by atoms with E-state index < -0.39 is 5.60 Å². The summed E-state index contributed by atoms with van der Waals surface area (Å²) in [5.41, 5.74) is 6.74. The molecule has 19 heavy (non-hydrogen) atoms. The van der Waals surface area contributed by atoms with E-state index in [1.54, 1.807) is 0 Å². The Balaban J connectivity index is 2.00. The van der Waals surface area contributed by atoms with Crippen LogP contribution in [0.1, 0.15) is 35.7 Å². The molecule has 1 fully saturated rings. The van der Waals surface area contributed by atoms with Crippen molar-refractivity contribution in [3.63, 3.8) is 0 Å². The van der Waals surface area contributed by atoms with Crippen LogP contribution in [-0.4, -0.2) is 41.1 Å². The molecule has 104 valence electrons. The molecule has 2 rings (SSSR count). The second kappa shape index (κ2) is 5.72. The topological polar surface area (TPSA) is 66.6 Å². The number of benzene rings is 1. The number of carbonyl (C=O) groups excluding carboxylic acids is 1. The molecule has 1 aliphatic rings. The van der Waals surface area contributed by atoms with Gasteiger partial charge in [-0.25, -0.2) is 0 Å². The fraction of sp³-hybridized carbons (Fsp3) is 0.533. The van der Waals surface area contributed by atoms with Crippen LogP contribution in [0.5, 0.6) is 0 Å². The minimum absolute atomic E-state index is 0.0507. The molecule has 1 aliphatic heterocycles. The van der Waals surface area contributed by atoms with Gasteiger partial charge in [0.2, 0.25) is 0 Å². The third-order valence-corrected chi connectivity index (χ3v) is 3.76. The molecule has 1 saturated heterocycles. The Labute approximate surface area is 114 Å². The third kappa shape index (κ3) is 3.55. The standard InChI is InChI=1S/C15H22N2O2/c1-15(19)7-10-17(11-8-15)14(18)13-4-2-12(3-5-13)6-9-16/h2-5,19H,6-11,16H2,1H3. The van der Waals surface area contributed by atoms with E-state index in [0.29, 0.717) is 38.0 Å². The second-order valence-electron chi connectivity index (χ2n) is 5.52. The molecule has 0 saturated carbocycles. The van der Waals surface area contributed by atoms with Gasteiger partial charge in [-0.3, -0.25) is 4.79 Å². The minimum Gasteiger partial charge on any atom is -0.390 e. The van der Waals surface area contributed by atoms with Gasteiger partial charge in [0.1, 0.15) is 0 Å². The van der Waals surface area contributed by atoms with Gasteiger partial charge in [0.05, 0.1) is 5.60 Å². The lowest BCUT2D eigenvalue weighted by Crippen LogP contribution is -2.45. The number of nitrogens with two attached hydrogens (primary N) is 1. The van der Waals surface area contributed by atoms with Gasteiger partial charge in [0.25, 0.3) is 5.91 Å². The predicted molar refractivity (Wildman–Crippen MR) is 75.0 cm³/mol. The first-order chi connectivity index (χ1) is 9.02. The van der Waals surface area contributed by atoms with Gasteiger partial charge in [0.15, 0.2) is 0 Å². The molecule has 0 atom stereocenters. The lowest BCUT2D eigenvalue weighted by Gasteiger charge is -2.35. The highest BCUT2D eigenvalue weighted by molar-refractivity contribution is 5.94. The highest BCUT2D eigenvalue weighted by Crippen LogP contribution is 2.22. The van der Waals surface area contributed by atoms with Gasteiger partial charge in [0, 0.05) is 18.7 Å². The number of likely N-dealkylation sites (tertiary alicyclic amines) is 1. The van der Waals surface area contributed by atoms with E-state index >= 15 is 0 Å². The Morgan fingerprint density at radius 3 is 2.42 bits per heavy atom. The van der Waals surface area contributed by atoms with Crippen LogP contribution in [0.25, 0.3) is 0 Å². The van der Waals surface area contributed by atoms with Gasteiger partial charge in [-0.15, -0.1) is 0 Å². The molecule has 0 aromatic heterocycles. The average molecular weight is 262 g/mol. The first-order valence-electron chi connectivity index (χ1n) is 6.82. The van der Waals surface area contributed by atoms with Gasteiger partial charge >= 0.3 is 0 Å². The van der Waals surface area contributed by atoms with Crippen LogP contribution in [0.15, 0.2) is 24.3 Å². The van der Waals surface area contributed by atoms with E-state index in [2.05, 4.69) is 0 Å². The van der Waals surface area contributed by atoms with E-state index in [-0.39, 0.29) is 5.91 Å². The number of piperidine rings is 1. The molecule has 1 aromatic carbocycles. The van der Waals surface area contributed by atoms with Crippen molar-refractivity contribution in [2.24, 2.45) is 5.73 Å². The van der Waals surface area contributed by atoms with Crippen molar-refractivity contribution in [1.82, 2.24) is 4.90 Å². The molecule has 0 aliphatic carbocycles. The van der Waals surface area contributed by atoms with Gasteiger partial charge in [-0.1, -0.05) is 12.1 Å². The Bertz CT molecular complexity index is 430. The molecule has 4 heteroatoms. The molecule has 4 nitrogen and oxygen atoms in total. The van der Waals surface area contributed by atoms with Crippen LogP contribution in [0, 0.1) is 0 Å². The number of amides is 1.